The van der Waals surface area contributed by atoms with Crippen molar-refractivity contribution in [2.24, 2.45) is 17.8 Å². The summed E-state index contributed by atoms with van der Waals surface area (Å²) in [5, 5.41) is 5.07. The van der Waals surface area contributed by atoms with Crippen LogP contribution in [0.4, 0.5) is 9.59 Å². The monoisotopic (exact) mass is 779 g/mol. The van der Waals surface area contributed by atoms with Crippen LogP contribution < -0.4 is 15.4 Å². The first-order chi connectivity index (χ1) is 26.3. The van der Waals surface area contributed by atoms with E-state index < -0.39 is 80.4 Å². The highest BCUT2D eigenvalue weighted by molar-refractivity contribution is 7.91. The molecule has 4 saturated carbocycles. The molecule has 14 nitrogen and oxygen atoms in total. The summed E-state index contributed by atoms with van der Waals surface area (Å²) in [4.78, 5) is 73.0. The second-order valence-electron chi connectivity index (χ2n) is 17.2. The molecule has 0 radical (unpaired) electrons. The minimum Gasteiger partial charge on any atom is -0.444 e. The molecule has 3 N–H and O–H groups in total. The largest absolute Gasteiger partial charge is 0.444 e. The quantitative estimate of drug-likeness (QED) is 0.346. The highest BCUT2D eigenvalue weighted by Crippen LogP contribution is 2.50. The molecule has 298 valence electrons. The molecule has 15 heteroatoms. The van der Waals surface area contributed by atoms with Crippen molar-refractivity contribution in [3.05, 3.63) is 47.5 Å². The maximum atomic E-state index is 14.8. The predicted octanol–water partition coefficient (Wildman–Crippen LogP) is 3.96. The van der Waals surface area contributed by atoms with Crippen LogP contribution in [0.15, 0.2) is 30.9 Å². The number of alkyl carbamates (subject to hydrolysis) is 1. The molecule has 7 atom stereocenters. The lowest BCUT2D eigenvalue weighted by molar-refractivity contribution is -0.142. The summed E-state index contributed by atoms with van der Waals surface area (Å²) < 4.78 is 39.7. The molecule has 1 aromatic rings. The van der Waals surface area contributed by atoms with Gasteiger partial charge in [0.25, 0.3) is 5.91 Å². The molecule has 4 bridgehead atoms. The SMILES string of the molecule is C=C[C@@H]1C[C@]1(NC(=O)[C@@H]1C[C@@H]2CN1C(=O)[C@H](C1CCCCC1)NC(=O)O[C@]1(C)C[C@H]1CCCCc1cccc3c1CN(C3)C(=O)O2)C(=O)NS(=O)(=O)C1CC1. The van der Waals surface area contributed by atoms with Crippen LogP contribution in [0.3, 0.4) is 0 Å². The Morgan fingerprint density at radius 1 is 0.982 bits per heavy atom. The van der Waals surface area contributed by atoms with E-state index in [9.17, 15) is 32.4 Å². The molecule has 1 aromatic carbocycles. The van der Waals surface area contributed by atoms with Gasteiger partial charge in [-0.1, -0.05) is 50.0 Å². The Labute approximate surface area is 322 Å². The van der Waals surface area contributed by atoms with Crippen LogP contribution in [0.2, 0.25) is 0 Å². The minimum atomic E-state index is -3.90. The third-order valence-corrected chi connectivity index (χ3v) is 15.1. The van der Waals surface area contributed by atoms with E-state index in [-0.39, 0.29) is 31.2 Å². The number of carbonyl (C=O) groups excluding carboxylic acids is 5. The van der Waals surface area contributed by atoms with Crippen molar-refractivity contribution in [1.29, 1.82) is 0 Å². The summed E-state index contributed by atoms with van der Waals surface area (Å²) >= 11 is 0. The van der Waals surface area contributed by atoms with Gasteiger partial charge >= 0.3 is 12.2 Å². The molecular formula is C40H53N5O9S. The van der Waals surface area contributed by atoms with Gasteiger partial charge in [-0.05, 0) is 87.3 Å². The van der Waals surface area contributed by atoms with E-state index in [1.807, 2.05) is 19.1 Å². The summed E-state index contributed by atoms with van der Waals surface area (Å²) in [7, 11) is -3.90. The molecule has 8 rings (SSSR count). The van der Waals surface area contributed by atoms with Gasteiger partial charge in [0.2, 0.25) is 21.8 Å². The van der Waals surface area contributed by atoms with Gasteiger partial charge in [0, 0.05) is 31.3 Å². The molecule has 55 heavy (non-hydrogen) atoms. The number of nitrogens with one attached hydrogen (secondary N) is 3. The van der Waals surface area contributed by atoms with E-state index in [4.69, 9.17) is 9.47 Å². The van der Waals surface area contributed by atoms with Crippen molar-refractivity contribution in [2.75, 3.05) is 6.54 Å². The van der Waals surface area contributed by atoms with Gasteiger partial charge < -0.3 is 25.0 Å². The van der Waals surface area contributed by atoms with E-state index in [0.717, 1.165) is 62.5 Å². The number of hydrogen-bond acceptors (Lipinski definition) is 9. The number of aryl methyl sites for hydroxylation is 1. The Morgan fingerprint density at radius 3 is 2.45 bits per heavy atom. The minimum absolute atomic E-state index is 0.0479. The van der Waals surface area contributed by atoms with Crippen LogP contribution in [0.5, 0.6) is 0 Å². The van der Waals surface area contributed by atoms with Crippen LogP contribution >= 0.6 is 0 Å². The first-order valence-corrected chi connectivity index (χ1v) is 21.7. The van der Waals surface area contributed by atoms with E-state index in [1.165, 1.54) is 16.5 Å². The normalized spacial score (nSPS) is 34.1. The summed E-state index contributed by atoms with van der Waals surface area (Å²) in [6, 6.07) is 3.98. The van der Waals surface area contributed by atoms with Gasteiger partial charge in [-0.2, -0.15) is 0 Å². The third kappa shape index (κ3) is 7.57. The Morgan fingerprint density at radius 2 is 1.73 bits per heavy atom. The van der Waals surface area contributed by atoms with Crippen LogP contribution in [0, 0.1) is 17.8 Å². The van der Waals surface area contributed by atoms with E-state index >= 15 is 0 Å². The number of sulfonamides is 1. The van der Waals surface area contributed by atoms with Gasteiger partial charge in [0.05, 0.1) is 11.8 Å². The smallest absolute Gasteiger partial charge is 0.410 e. The van der Waals surface area contributed by atoms with Gasteiger partial charge in [-0.25, -0.2) is 18.0 Å². The Balaban J connectivity index is 1.08. The second-order valence-corrected chi connectivity index (χ2v) is 19.2. The lowest BCUT2D eigenvalue weighted by Gasteiger charge is -2.35. The Kier molecular flexibility index (Phi) is 9.90. The number of amides is 5. The van der Waals surface area contributed by atoms with Crippen molar-refractivity contribution in [1.82, 2.24) is 25.2 Å². The number of rotatable bonds is 7. The number of carbonyl (C=O) groups is 5. The zero-order chi connectivity index (χ0) is 38.7. The van der Waals surface area contributed by atoms with Crippen LogP contribution in [-0.4, -0.2) is 89.2 Å². The van der Waals surface area contributed by atoms with Crippen molar-refractivity contribution >= 4 is 39.9 Å². The zero-order valence-electron chi connectivity index (χ0n) is 31.6. The number of hydrogen-bond donors (Lipinski definition) is 3. The molecule has 3 aliphatic heterocycles. The first kappa shape index (κ1) is 37.8. The highest BCUT2D eigenvalue weighted by Gasteiger charge is 2.62. The van der Waals surface area contributed by atoms with Crippen molar-refractivity contribution in [2.45, 2.75) is 144 Å². The van der Waals surface area contributed by atoms with Gasteiger partial charge in [-0.3, -0.25) is 24.0 Å². The number of fused-ring (bicyclic) bond motifs is 4. The van der Waals surface area contributed by atoms with E-state index in [1.54, 1.807) is 4.90 Å². The summed E-state index contributed by atoms with van der Waals surface area (Å²) in [5.74, 6) is -2.51. The van der Waals surface area contributed by atoms with Gasteiger partial charge in [0.1, 0.15) is 29.3 Å². The van der Waals surface area contributed by atoms with Crippen LogP contribution in [-0.2, 0) is 53.4 Å². The molecule has 4 aliphatic carbocycles. The maximum Gasteiger partial charge on any atom is 0.410 e. The molecule has 5 amide bonds. The topological polar surface area (TPSA) is 181 Å². The molecule has 3 heterocycles. The molecule has 0 unspecified atom stereocenters. The standard InChI is InChI=1S/C40H53N5O9S/c1-3-27-20-40(27,36(48)43-55(51,52)30-16-17-30)42-34(46)32-18-29-22-45(32)35(47)33(25-11-5-4-6-12-25)41-37(49)54-39(2)19-28(39)15-8-7-10-24-13-9-14-26-21-44(23-31(24)26)38(50)53-29/h3,9,13-14,25,27-30,32-33H,1,4-8,10-12,15-23H2,2H3,(H,41,49)(H,42,46)(H,43,48)/t27-,28-,29-,32+,33+,39-,40-/m1/s1. The fourth-order valence-corrected chi connectivity index (χ4v) is 10.9. The lowest BCUT2D eigenvalue weighted by atomic mass is 9.83. The Hall–Kier alpha value is -4.14. The average Bonchev–Trinajstić information content (AvgIpc) is 4.11. The van der Waals surface area contributed by atoms with Gasteiger partial charge in [0.15, 0.2) is 0 Å². The average molecular weight is 780 g/mol. The summed E-state index contributed by atoms with van der Waals surface area (Å²) in [5.41, 5.74) is 1.20. The number of ether oxygens (including phenoxy) is 2. The number of benzene rings is 1. The van der Waals surface area contributed by atoms with Crippen molar-refractivity contribution < 1.29 is 41.9 Å². The fraction of sp³-hybridized carbons (Fsp3) is 0.675. The van der Waals surface area contributed by atoms with Crippen molar-refractivity contribution in [3.8, 4) is 0 Å². The highest BCUT2D eigenvalue weighted by atomic mass is 32.2. The number of nitrogens with zero attached hydrogens (tertiary/aromatic N) is 2. The molecule has 1 saturated heterocycles. The molecule has 5 fully saturated rings. The van der Waals surface area contributed by atoms with Crippen LogP contribution in [0.25, 0.3) is 0 Å². The first-order valence-electron chi connectivity index (χ1n) is 20.2. The fourth-order valence-electron chi connectivity index (χ4n) is 9.53. The van der Waals surface area contributed by atoms with Crippen LogP contribution in [0.1, 0.15) is 107 Å². The summed E-state index contributed by atoms with van der Waals surface area (Å²) in [6.45, 7) is 6.41. The van der Waals surface area contributed by atoms with E-state index in [0.29, 0.717) is 38.8 Å². The maximum absolute atomic E-state index is 14.8. The van der Waals surface area contributed by atoms with E-state index in [2.05, 4.69) is 28.0 Å². The predicted molar refractivity (Wildman–Crippen MR) is 199 cm³/mol. The molecular weight excluding hydrogens is 727 g/mol. The molecule has 7 aliphatic rings. The van der Waals surface area contributed by atoms with Crippen molar-refractivity contribution in [3.63, 3.8) is 0 Å². The van der Waals surface area contributed by atoms with Gasteiger partial charge in [-0.15, -0.1) is 6.58 Å². The molecule has 0 aromatic heterocycles. The third-order valence-electron chi connectivity index (χ3n) is 13.3. The Bertz CT molecular complexity index is 1880. The lowest BCUT2D eigenvalue weighted by Crippen LogP contribution is -2.59. The second kappa shape index (κ2) is 14.4. The zero-order valence-corrected chi connectivity index (χ0v) is 32.4. The molecule has 0 spiro atoms. The summed E-state index contributed by atoms with van der Waals surface area (Å²) in [6.07, 6.45) is 9.09.